The fraction of sp³-hybridized carbons (Fsp3) is 0.176. The quantitative estimate of drug-likeness (QED) is 0.473. The van der Waals surface area contributed by atoms with E-state index in [0.29, 0.717) is 10.9 Å². The van der Waals surface area contributed by atoms with Crippen molar-refractivity contribution in [2.45, 2.75) is 24.0 Å². The Bertz CT molecular complexity index is 667. The first-order valence-corrected chi connectivity index (χ1v) is 7.82. The lowest BCUT2D eigenvalue weighted by Gasteiger charge is -2.05. The van der Waals surface area contributed by atoms with Crippen molar-refractivity contribution < 1.29 is 9.90 Å². The van der Waals surface area contributed by atoms with Crippen molar-refractivity contribution in [1.29, 1.82) is 0 Å². The molecule has 2 rings (SSSR count). The number of nitrogens with one attached hydrogen (secondary N) is 1. The van der Waals surface area contributed by atoms with Gasteiger partial charge in [-0.3, -0.25) is 5.43 Å². The number of carboxylic acids is 1. The number of hydrogen-bond donors (Lipinski definition) is 2. The van der Waals surface area contributed by atoms with Crippen LogP contribution in [0.2, 0.25) is 0 Å². The second-order valence-electron chi connectivity index (χ2n) is 4.96. The van der Waals surface area contributed by atoms with Crippen LogP contribution in [0.25, 0.3) is 0 Å². The Balaban J connectivity index is 2.02. The predicted octanol–water partition coefficient (Wildman–Crippen LogP) is 4.33. The summed E-state index contributed by atoms with van der Waals surface area (Å²) in [5.41, 5.74) is 4.39. The smallest absolute Gasteiger partial charge is 0.337 e. The van der Waals surface area contributed by atoms with Crippen molar-refractivity contribution in [3.63, 3.8) is 0 Å². The SMILES string of the molecule is CC(C)Sc1ccc(C=NNc2ccccc2C(=O)O)cc1. The fourth-order valence-electron chi connectivity index (χ4n) is 1.85. The largest absolute Gasteiger partial charge is 0.478 e. The highest BCUT2D eigenvalue weighted by molar-refractivity contribution is 7.99. The van der Waals surface area contributed by atoms with Crippen LogP contribution < -0.4 is 5.43 Å². The Hall–Kier alpha value is -2.27. The van der Waals surface area contributed by atoms with Crippen molar-refractivity contribution in [3.05, 3.63) is 59.7 Å². The second-order valence-corrected chi connectivity index (χ2v) is 6.61. The van der Waals surface area contributed by atoms with Gasteiger partial charge in [0.1, 0.15) is 0 Å². The number of hydrazone groups is 1. The third-order valence-corrected chi connectivity index (χ3v) is 3.82. The van der Waals surface area contributed by atoms with E-state index < -0.39 is 5.97 Å². The molecule has 5 heteroatoms. The minimum atomic E-state index is -0.978. The standard InChI is InChI=1S/C17H18N2O2S/c1-12(2)22-14-9-7-13(8-10-14)11-18-19-16-6-4-3-5-15(16)17(20)21/h3-12,19H,1-2H3,(H,20,21). The highest BCUT2D eigenvalue weighted by Gasteiger charge is 2.07. The molecule has 0 aliphatic heterocycles. The van der Waals surface area contributed by atoms with E-state index in [1.807, 2.05) is 23.9 Å². The summed E-state index contributed by atoms with van der Waals surface area (Å²) in [5, 5.41) is 13.7. The molecule has 0 aliphatic carbocycles. The van der Waals surface area contributed by atoms with E-state index in [4.69, 9.17) is 5.11 Å². The van der Waals surface area contributed by atoms with Gasteiger partial charge in [-0.15, -0.1) is 11.8 Å². The van der Waals surface area contributed by atoms with Gasteiger partial charge in [-0.2, -0.15) is 5.10 Å². The average Bonchev–Trinajstić information content (AvgIpc) is 2.49. The summed E-state index contributed by atoms with van der Waals surface area (Å²) in [7, 11) is 0. The summed E-state index contributed by atoms with van der Waals surface area (Å²) >= 11 is 1.81. The number of hydrogen-bond acceptors (Lipinski definition) is 4. The number of thioether (sulfide) groups is 1. The fourth-order valence-corrected chi connectivity index (χ4v) is 2.69. The van der Waals surface area contributed by atoms with Gasteiger partial charge >= 0.3 is 5.97 Å². The Morgan fingerprint density at radius 3 is 2.50 bits per heavy atom. The van der Waals surface area contributed by atoms with Gasteiger partial charge in [0.25, 0.3) is 0 Å². The van der Waals surface area contributed by atoms with E-state index in [1.54, 1.807) is 24.4 Å². The molecule has 4 nitrogen and oxygen atoms in total. The van der Waals surface area contributed by atoms with Crippen LogP contribution in [0.3, 0.4) is 0 Å². The molecule has 114 valence electrons. The summed E-state index contributed by atoms with van der Waals surface area (Å²) in [5.74, 6) is -0.978. The molecule has 0 aliphatic rings. The van der Waals surface area contributed by atoms with Gasteiger partial charge < -0.3 is 5.11 Å². The van der Waals surface area contributed by atoms with E-state index in [-0.39, 0.29) is 5.56 Å². The molecule has 0 amide bonds. The zero-order valence-corrected chi connectivity index (χ0v) is 13.3. The van der Waals surface area contributed by atoms with Crippen LogP contribution in [0.15, 0.2) is 58.5 Å². The van der Waals surface area contributed by atoms with Crippen LogP contribution in [0, 0.1) is 0 Å². The van der Waals surface area contributed by atoms with Crippen molar-refractivity contribution in [2.24, 2.45) is 5.10 Å². The number of benzene rings is 2. The van der Waals surface area contributed by atoms with Crippen molar-refractivity contribution in [2.75, 3.05) is 5.43 Å². The Labute approximate surface area is 134 Å². The summed E-state index contributed by atoms with van der Waals surface area (Å²) in [4.78, 5) is 12.3. The van der Waals surface area contributed by atoms with E-state index in [1.165, 1.54) is 11.0 Å². The van der Waals surface area contributed by atoms with E-state index in [2.05, 4.69) is 36.5 Å². The first-order valence-electron chi connectivity index (χ1n) is 6.94. The highest BCUT2D eigenvalue weighted by atomic mass is 32.2. The van der Waals surface area contributed by atoms with E-state index in [9.17, 15) is 4.79 Å². The summed E-state index contributed by atoms with van der Waals surface area (Å²) < 4.78 is 0. The summed E-state index contributed by atoms with van der Waals surface area (Å²) in [6.07, 6.45) is 1.67. The monoisotopic (exact) mass is 314 g/mol. The molecule has 2 aromatic carbocycles. The molecule has 0 heterocycles. The molecule has 0 aromatic heterocycles. The van der Waals surface area contributed by atoms with E-state index >= 15 is 0 Å². The highest BCUT2D eigenvalue weighted by Crippen LogP contribution is 2.22. The van der Waals surface area contributed by atoms with Gasteiger partial charge in [0.05, 0.1) is 17.5 Å². The first-order chi connectivity index (χ1) is 10.6. The van der Waals surface area contributed by atoms with Crippen LogP contribution in [-0.2, 0) is 0 Å². The maximum Gasteiger partial charge on any atom is 0.337 e. The molecule has 2 N–H and O–H groups in total. The number of nitrogens with zero attached hydrogens (tertiary/aromatic N) is 1. The number of aromatic carboxylic acids is 1. The Kier molecular flexibility index (Phi) is 5.61. The Morgan fingerprint density at radius 1 is 1.18 bits per heavy atom. The summed E-state index contributed by atoms with van der Waals surface area (Å²) in [6, 6.07) is 14.7. The minimum absolute atomic E-state index is 0.198. The van der Waals surface area contributed by atoms with Gasteiger partial charge in [0.15, 0.2) is 0 Å². The number of para-hydroxylation sites is 1. The molecule has 0 saturated carbocycles. The third kappa shape index (κ3) is 4.63. The lowest BCUT2D eigenvalue weighted by Crippen LogP contribution is -2.02. The normalized spacial score (nSPS) is 11.0. The van der Waals surface area contributed by atoms with Crippen LogP contribution in [0.4, 0.5) is 5.69 Å². The van der Waals surface area contributed by atoms with Crippen molar-refractivity contribution >= 4 is 29.6 Å². The molecular weight excluding hydrogens is 296 g/mol. The zero-order valence-electron chi connectivity index (χ0n) is 12.5. The van der Waals surface area contributed by atoms with Gasteiger partial charge in [0.2, 0.25) is 0 Å². The number of carboxylic acid groups (broad SMARTS) is 1. The third-order valence-electron chi connectivity index (χ3n) is 2.81. The number of rotatable bonds is 6. The molecular formula is C17H18N2O2S. The molecule has 2 aromatic rings. The molecule has 22 heavy (non-hydrogen) atoms. The average molecular weight is 314 g/mol. The lowest BCUT2D eigenvalue weighted by molar-refractivity contribution is 0.0698. The topological polar surface area (TPSA) is 61.7 Å². The number of anilines is 1. The van der Waals surface area contributed by atoms with Gasteiger partial charge in [-0.1, -0.05) is 38.1 Å². The van der Waals surface area contributed by atoms with Crippen molar-refractivity contribution in [1.82, 2.24) is 0 Å². The van der Waals surface area contributed by atoms with Crippen LogP contribution in [0.5, 0.6) is 0 Å². The van der Waals surface area contributed by atoms with E-state index in [0.717, 1.165) is 5.56 Å². The molecule has 0 atom stereocenters. The van der Waals surface area contributed by atoms with Crippen LogP contribution >= 0.6 is 11.8 Å². The van der Waals surface area contributed by atoms with Gasteiger partial charge in [-0.05, 0) is 29.8 Å². The molecule has 0 fully saturated rings. The molecule has 0 saturated heterocycles. The summed E-state index contributed by atoms with van der Waals surface area (Å²) in [6.45, 7) is 4.31. The molecule has 0 unspecified atom stereocenters. The second kappa shape index (κ2) is 7.66. The van der Waals surface area contributed by atoms with Crippen LogP contribution in [-0.4, -0.2) is 22.5 Å². The maximum absolute atomic E-state index is 11.1. The maximum atomic E-state index is 11.1. The molecule has 0 radical (unpaired) electrons. The molecule has 0 bridgehead atoms. The minimum Gasteiger partial charge on any atom is -0.478 e. The predicted molar refractivity (Wildman–Crippen MR) is 92.1 cm³/mol. The Morgan fingerprint density at radius 2 is 1.86 bits per heavy atom. The molecule has 0 spiro atoms. The van der Waals surface area contributed by atoms with Crippen molar-refractivity contribution in [3.8, 4) is 0 Å². The van der Waals surface area contributed by atoms with Crippen LogP contribution in [0.1, 0.15) is 29.8 Å². The van der Waals surface area contributed by atoms with Gasteiger partial charge in [0, 0.05) is 10.1 Å². The zero-order chi connectivity index (χ0) is 15.9. The first kappa shape index (κ1) is 16.1. The number of carbonyl (C=O) groups is 1. The van der Waals surface area contributed by atoms with Gasteiger partial charge in [-0.25, -0.2) is 4.79 Å². The lowest BCUT2D eigenvalue weighted by atomic mass is 10.2.